The number of rotatable bonds is 7. The number of aromatic nitrogens is 4. The van der Waals surface area contributed by atoms with Gasteiger partial charge in [0.25, 0.3) is 0 Å². The van der Waals surface area contributed by atoms with Gasteiger partial charge in [0.15, 0.2) is 0 Å². The molecule has 1 atom stereocenters. The fraction of sp³-hybridized carbons (Fsp3) is 0.182. The molecule has 0 amide bonds. The van der Waals surface area contributed by atoms with Crippen molar-refractivity contribution in [3.63, 3.8) is 0 Å². The fourth-order valence-electron chi connectivity index (χ4n) is 3.24. The molecule has 3 aromatic rings. The highest BCUT2D eigenvalue weighted by Crippen LogP contribution is 2.36. The van der Waals surface area contributed by atoms with Gasteiger partial charge in [-0.05, 0) is 30.7 Å². The van der Waals surface area contributed by atoms with E-state index in [-0.39, 0.29) is 6.61 Å². The number of esters is 1. The molecule has 7 nitrogen and oxygen atoms in total. The molecular weight excluding hydrogens is 434 g/mol. The lowest BCUT2D eigenvalue weighted by Crippen LogP contribution is -2.30. The van der Waals surface area contributed by atoms with Crippen LogP contribution in [-0.4, -0.2) is 32.3 Å². The van der Waals surface area contributed by atoms with E-state index < -0.39 is 12.0 Å². The number of pyridine rings is 1. The smallest absolute Gasteiger partial charge is 0.338 e. The molecule has 0 saturated heterocycles. The quantitative estimate of drug-likeness (QED) is 0.317. The summed E-state index contributed by atoms with van der Waals surface area (Å²) in [7, 11) is 0. The molecule has 3 heterocycles. The van der Waals surface area contributed by atoms with E-state index in [2.05, 4.69) is 27.0 Å². The number of halogens is 1. The van der Waals surface area contributed by atoms with E-state index in [0.29, 0.717) is 38.8 Å². The maximum Gasteiger partial charge on any atom is 0.338 e. The van der Waals surface area contributed by atoms with Gasteiger partial charge in [-0.25, -0.2) is 9.48 Å². The predicted octanol–water partition coefficient (Wildman–Crippen LogP) is 4.64. The van der Waals surface area contributed by atoms with Crippen molar-refractivity contribution in [2.45, 2.75) is 23.9 Å². The maximum atomic E-state index is 12.8. The Hall–Kier alpha value is -3.10. The number of ether oxygens (including phenoxy) is 1. The van der Waals surface area contributed by atoms with Gasteiger partial charge in [-0.15, -0.1) is 5.10 Å². The van der Waals surface area contributed by atoms with Gasteiger partial charge in [-0.3, -0.25) is 4.98 Å². The number of benzene rings is 1. The number of anilines is 1. The number of carbonyl (C=O) groups is 1. The Balaban J connectivity index is 1.67. The van der Waals surface area contributed by atoms with Crippen molar-refractivity contribution in [1.82, 2.24) is 19.7 Å². The predicted molar refractivity (Wildman–Crippen MR) is 121 cm³/mol. The van der Waals surface area contributed by atoms with Gasteiger partial charge in [-0.2, -0.15) is 4.98 Å². The Morgan fingerprint density at radius 2 is 2.13 bits per heavy atom. The van der Waals surface area contributed by atoms with Crippen LogP contribution < -0.4 is 5.32 Å². The van der Waals surface area contributed by atoms with Crippen molar-refractivity contribution in [3.8, 4) is 0 Å². The van der Waals surface area contributed by atoms with Crippen LogP contribution in [0.2, 0.25) is 5.02 Å². The summed E-state index contributed by atoms with van der Waals surface area (Å²) in [5.41, 5.74) is 2.75. The summed E-state index contributed by atoms with van der Waals surface area (Å²) in [6.45, 7) is 5.54. The molecule has 31 heavy (non-hydrogen) atoms. The van der Waals surface area contributed by atoms with Gasteiger partial charge in [-0.1, -0.05) is 60.3 Å². The number of carbonyl (C=O) groups excluding carboxylic acids is 1. The lowest BCUT2D eigenvalue weighted by Gasteiger charge is -2.27. The first kappa shape index (κ1) is 21.1. The van der Waals surface area contributed by atoms with Crippen molar-refractivity contribution >= 4 is 35.3 Å². The van der Waals surface area contributed by atoms with Crippen LogP contribution in [0.5, 0.6) is 0 Å². The van der Waals surface area contributed by atoms with E-state index in [0.717, 1.165) is 5.56 Å². The van der Waals surface area contributed by atoms with E-state index in [4.69, 9.17) is 16.3 Å². The minimum Gasteiger partial charge on any atom is -0.458 e. The number of allylic oxidation sites excluding steroid dienone is 1. The first-order valence-corrected chi connectivity index (χ1v) is 10.9. The molecule has 0 bridgehead atoms. The van der Waals surface area contributed by atoms with E-state index in [1.54, 1.807) is 10.9 Å². The highest BCUT2D eigenvalue weighted by atomic mass is 35.5. The largest absolute Gasteiger partial charge is 0.458 e. The monoisotopic (exact) mass is 453 g/mol. The van der Waals surface area contributed by atoms with Crippen LogP contribution in [0.3, 0.4) is 0 Å². The molecule has 1 unspecified atom stereocenters. The van der Waals surface area contributed by atoms with Gasteiger partial charge >= 0.3 is 5.97 Å². The van der Waals surface area contributed by atoms with Gasteiger partial charge in [0.2, 0.25) is 11.1 Å². The highest BCUT2D eigenvalue weighted by molar-refractivity contribution is 7.98. The molecule has 1 aliphatic rings. The summed E-state index contributed by atoms with van der Waals surface area (Å²) < 4.78 is 7.00. The Bertz CT molecular complexity index is 1150. The Morgan fingerprint density at radius 3 is 2.87 bits per heavy atom. The zero-order valence-corrected chi connectivity index (χ0v) is 18.4. The third-order valence-corrected chi connectivity index (χ3v) is 5.92. The third-order valence-electron chi connectivity index (χ3n) is 4.67. The zero-order chi connectivity index (χ0) is 21.8. The van der Waals surface area contributed by atoms with Gasteiger partial charge in [0, 0.05) is 22.7 Å². The highest BCUT2D eigenvalue weighted by Gasteiger charge is 2.36. The van der Waals surface area contributed by atoms with Crippen LogP contribution in [0.4, 0.5) is 5.95 Å². The third kappa shape index (κ3) is 4.50. The summed E-state index contributed by atoms with van der Waals surface area (Å²) >= 11 is 7.73. The number of nitrogens with one attached hydrogen (secondary N) is 1. The maximum absolute atomic E-state index is 12.8. The molecule has 158 valence electrons. The summed E-state index contributed by atoms with van der Waals surface area (Å²) in [4.78, 5) is 21.9. The molecule has 0 aliphatic carbocycles. The van der Waals surface area contributed by atoms with Crippen LogP contribution in [-0.2, 0) is 15.3 Å². The minimum atomic E-state index is -0.558. The number of hydrogen-bond donors (Lipinski definition) is 1. The molecule has 4 rings (SSSR count). The van der Waals surface area contributed by atoms with Crippen LogP contribution >= 0.6 is 23.4 Å². The molecule has 0 radical (unpaired) electrons. The average molecular weight is 454 g/mol. The van der Waals surface area contributed by atoms with Gasteiger partial charge in [0.05, 0.1) is 11.3 Å². The topological polar surface area (TPSA) is 81.9 Å². The molecule has 9 heteroatoms. The number of thioether (sulfide) groups is 1. The molecule has 1 N–H and O–H groups in total. The van der Waals surface area contributed by atoms with Crippen molar-refractivity contribution < 1.29 is 9.53 Å². The second-order valence-electron chi connectivity index (χ2n) is 6.75. The number of nitrogens with zero attached hydrogens (tertiary/aromatic N) is 4. The van der Waals surface area contributed by atoms with Crippen molar-refractivity contribution in [2.75, 3.05) is 11.9 Å². The van der Waals surface area contributed by atoms with Gasteiger partial charge in [0.1, 0.15) is 12.6 Å². The zero-order valence-electron chi connectivity index (χ0n) is 16.8. The van der Waals surface area contributed by atoms with E-state index in [9.17, 15) is 4.79 Å². The van der Waals surface area contributed by atoms with Crippen LogP contribution in [0, 0.1) is 0 Å². The fourth-order valence-corrected chi connectivity index (χ4v) is 4.35. The summed E-state index contributed by atoms with van der Waals surface area (Å²) in [5, 5.41) is 9.10. The lowest BCUT2D eigenvalue weighted by molar-refractivity contribution is -0.138. The van der Waals surface area contributed by atoms with Gasteiger partial charge < -0.3 is 10.1 Å². The molecule has 1 aliphatic heterocycles. The van der Waals surface area contributed by atoms with Crippen molar-refractivity contribution in [3.05, 3.63) is 88.9 Å². The summed E-state index contributed by atoms with van der Waals surface area (Å²) in [6, 6.07) is 12.7. The number of fused-ring (bicyclic) bond motifs is 1. The first-order chi connectivity index (χ1) is 15.1. The molecule has 0 spiro atoms. The second kappa shape index (κ2) is 9.36. The Kier molecular flexibility index (Phi) is 6.39. The Labute approximate surface area is 189 Å². The summed E-state index contributed by atoms with van der Waals surface area (Å²) in [5.74, 6) is 0.708. The Morgan fingerprint density at radius 1 is 1.32 bits per heavy atom. The first-order valence-electron chi connectivity index (χ1n) is 9.58. The second-order valence-corrected chi connectivity index (χ2v) is 8.10. The SMILES string of the molecule is C=CCOC(=O)C1=C(C)Nc2nc(SCc3ccccc3Cl)nn2C1c1ccccn1. The van der Waals surface area contributed by atoms with E-state index in [1.165, 1.54) is 17.8 Å². The molecular formula is C22H20ClN5O2S. The minimum absolute atomic E-state index is 0.119. The lowest BCUT2D eigenvalue weighted by atomic mass is 10.00. The summed E-state index contributed by atoms with van der Waals surface area (Å²) in [6.07, 6.45) is 3.22. The van der Waals surface area contributed by atoms with Crippen molar-refractivity contribution in [1.29, 1.82) is 0 Å². The standard InChI is InChI=1S/C22H20ClN5O2S/c1-3-12-30-20(29)18-14(2)25-21-26-22(31-13-15-8-4-5-9-16(15)23)27-28(21)19(18)17-10-6-7-11-24-17/h3-11,19H,1,12-13H2,2H3,(H,25,26,27). The van der Waals surface area contributed by atoms with Crippen molar-refractivity contribution in [2.24, 2.45) is 0 Å². The van der Waals surface area contributed by atoms with E-state index >= 15 is 0 Å². The average Bonchev–Trinajstić information content (AvgIpc) is 3.18. The van der Waals surface area contributed by atoms with Crippen LogP contribution in [0.15, 0.2) is 77.7 Å². The molecule has 0 saturated carbocycles. The molecule has 0 fully saturated rings. The van der Waals surface area contributed by atoms with Crippen LogP contribution in [0.25, 0.3) is 0 Å². The van der Waals surface area contributed by atoms with Crippen LogP contribution in [0.1, 0.15) is 24.2 Å². The molecule has 2 aromatic heterocycles. The van der Waals surface area contributed by atoms with E-state index in [1.807, 2.05) is 49.4 Å². The number of hydrogen-bond acceptors (Lipinski definition) is 7. The molecule has 1 aromatic carbocycles. The normalized spacial score (nSPS) is 15.2.